The van der Waals surface area contributed by atoms with Crippen molar-refractivity contribution in [2.45, 2.75) is 33.9 Å². The molecular formula is C17H26N2O. The number of nitrogens with one attached hydrogen (secondary N) is 1. The summed E-state index contributed by atoms with van der Waals surface area (Å²) in [6.07, 6.45) is 0. The minimum Gasteiger partial charge on any atom is -0.459 e. The molecule has 0 amide bonds. The van der Waals surface area contributed by atoms with Crippen molar-refractivity contribution in [2.75, 3.05) is 20.1 Å². The Labute approximate surface area is 122 Å². The molecule has 0 aliphatic carbocycles. The van der Waals surface area contributed by atoms with Crippen LogP contribution in [0.5, 0.6) is 0 Å². The Balaban J connectivity index is 2.24. The van der Waals surface area contributed by atoms with Gasteiger partial charge in [-0.1, -0.05) is 39.0 Å². The van der Waals surface area contributed by atoms with Crippen LogP contribution in [0.25, 0.3) is 11.0 Å². The van der Waals surface area contributed by atoms with Crippen molar-refractivity contribution in [3.63, 3.8) is 0 Å². The van der Waals surface area contributed by atoms with Crippen LogP contribution in [-0.2, 0) is 13.1 Å². The fraction of sp³-hybridized carbons (Fsp3) is 0.529. The van der Waals surface area contributed by atoms with Crippen LogP contribution < -0.4 is 5.32 Å². The number of fused-ring (bicyclic) bond motifs is 1. The maximum Gasteiger partial charge on any atom is 0.134 e. The van der Waals surface area contributed by atoms with Gasteiger partial charge in [-0.25, -0.2) is 0 Å². The highest BCUT2D eigenvalue weighted by Crippen LogP contribution is 2.26. The zero-order valence-electron chi connectivity index (χ0n) is 13.1. The van der Waals surface area contributed by atoms with Crippen molar-refractivity contribution < 1.29 is 4.42 Å². The molecule has 0 bridgehead atoms. The molecule has 3 nitrogen and oxygen atoms in total. The molecule has 0 saturated heterocycles. The molecular weight excluding hydrogens is 248 g/mol. The molecule has 1 aromatic heterocycles. The van der Waals surface area contributed by atoms with Gasteiger partial charge in [0.2, 0.25) is 0 Å². The van der Waals surface area contributed by atoms with Crippen molar-refractivity contribution >= 4 is 11.0 Å². The van der Waals surface area contributed by atoms with Crippen LogP contribution in [0.2, 0.25) is 0 Å². The van der Waals surface area contributed by atoms with Gasteiger partial charge in [-0.15, -0.1) is 0 Å². The predicted molar refractivity (Wildman–Crippen MR) is 84.8 cm³/mol. The molecule has 1 aromatic carbocycles. The van der Waals surface area contributed by atoms with Gasteiger partial charge < -0.3 is 9.73 Å². The van der Waals surface area contributed by atoms with Gasteiger partial charge in [-0.05, 0) is 32.1 Å². The average molecular weight is 274 g/mol. The fourth-order valence-corrected chi connectivity index (χ4v) is 2.31. The molecule has 1 heterocycles. The number of furan rings is 1. The lowest BCUT2D eigenvalue weighted by Gasteiger charge is -2.13. The van der Waals surface area contributed by atoms with Crippen molar-refractivity contribution in [3.8, 4) is 0 Å². The van der Waals surface area contributed by atoms with Gasteiger partial charge in [0.25, 0.3) is 0 Å². The Morgan fingerprint density at radius 2 is 2.00 bits per heavy atom. The Hall–Kier alpha value is -1.32. The summed E-state index contributed by atoms with van der Waals surface area (Å²) >= 11 is 0. The highest BCUT2D eigenvalue weighted by molar-refractivity contribution is 5.82. The van der Waals surface area contributed by atoms with Gasteiger partial charge in [0.1, 0.15) is 11.3 Å². The Kier molecular flexibility index (Phi) is 5.21. The molecule has 2 rings (SSSR count). The van der Waals surface area contributed by atoms with Gasteiger partial charge in [0.15, 0.2) is 0 Å². The van der Waals surface area contributed by atoms with Gasteiger partial charge >= 0.3 is 0 Å². The Morgan fingerprint density at radius 1 is 1.25 bits per heavy atom. The van der Waals surface area contributed by atoms with E-state index in [9.17, 15) is 0 Å². The number of para-hydroxylation sites is 1. The number of nitrogens with zero attached hydrogens (tertiary/aromatic N) is 1. The van der Waals surface area contributed by atoms with E-state index in [1.54, 1.807) is 0 Å². The first-order valence-corrected chi connectivity index (χ1v) is 7.50. The fourth-order valence-electron chi connectivity index (χ4n) is 2.31. The smallest absolute Gasteiger partial charge is 0.134 e. The maximum atomic E-state index is 6.05. The van der Waals surface area contributed by atoms with E-state index in [1.165, 1.54) is 10.9 Å². The topological polar surface area (TPSA) is 28.4 Å². The highest BCUT2D eigenvalue weighted by atomic mass is 16.3. The lowest BCUT2D eigenvalue weighted by atomic mass is 10.1. The molecule has 0 saturated carbocycles. The number of hydrogen-bond donors (Lipinski definition) is 1. The van der Waals surface area contributed by atoms with E-state index in [-0.39, 0.29) is 0 Å². The second-order valence-electron chi connectivity index (χ2n) is 5.86. The number of benzene rings is 1. The van der Waals surface area contributed by atoms with E-state index < -0.39 is 0 Å². The van der Waals surface area contributed by atoms with E-state index in [4.69, 9.17) is 4.42 Å². The van der Waals surface area contributed by atoms with Crippen LogP contribution in [0.3, 0.4) is 0 Å². The minimum absolute atomic E-state index is 0.662. The van der Waals surface area contributed by atoms with Crippen molar-refractivity contribution in [1.29, 1.82) is 0 Å². The summed E-state index contributed by atoms with van der Waals surface area (Å²) in [5, 5.41) is 4.77. The summed E-state index contributed by atoms with van der Waals surface area (Å²) in [6.45, 7) is 10.4. The van der Waals surface area contributed by atoms with Crippen LogP contribution in [-0.4, -0.2) is 25.0 Å². The second kappa shape index (κ2) is 6.91. The standard InChI is InChI=1S/C17H26N2O/c1-5-19(4)12-17-15(11-18-10-13(2)3)14-8-6-7-9-16(14)20-17/h6-9,13,18H,5,10-12H2,1-4H3. The van der Waals surface area contributed by atoms with Gasteiger partial charge in [-0.2, -0.15) is 0 Å². The summed E-state index contributed by atoms with van der Waals surface area (Å²) in [6, 6.07) is 8.32. The normalized spacial score (nSPS) is 11.9. The van der Waals surface area contributed by atoms with E-state index >= 15 is 0 Å². The first-order chi connectivity index (χ1) is 9.61. The summed E-state index contributed by atoms with van der Waals surface area (Å²) in [7, 11) is 2.12. The number of hydrogen-bond acceptors (Lipinski definition) is 3. The first kappa shape index (κ1) is 15.1. The maximum absolute atomic E-state index is 6.05. The number of rotatable bonds is 7. The van der Waals surface area contributed by atoms with Gasteiger partial charge in [0, 0.05) is 17.5 Å². The Morgan fingerprint density at radius 3 is 2.70 bits per heavy atom. The van der Waals surface area contributed by atoms with Crippen molar-refractivity contribution in [1.82, 2.24) is 10.2 Å². The van der Waals surface area contributed by atoms with Crippen LogP contribution in [0.4, 0.5) is 0 Å². The summed E-state index contributed by atoms with van der Waals surface area (Å²) in [5.74, 6) is 1.75. The summed E-state index contributed by atoms with van der Waals surface area (Å²) in [4.78, 5) is 2.27. The lowest BCUT2D eigenvalue weighted by Crippen LogP contribution is -2.21. The molecule has 0 unspecified atom stereocenters. The SMILES string of the molecule is CCN(C)Cc1oc2ccccc2c1CNCC(C)C. The van der Waals surface area contributed by atoms with Crippen LogP contribution in [0.1, 0.15) is 32.1 Å². The highest BCUT2D eigenvalue weighted by Gasteiger charge is 2.14. The molecule has 2 aromatic rings. The molecule has 0 atom stereocenters. The molecule has 1 N–H and O–H groups in total. The van der Waals surface area contributed by atoms with Gasteiger partial charge in [-0.3, -0.25) is 4.90 Å². The van der Waals surface area contributed by atoms with Crippen molar-refractivity contribution in [3.05, 3.63) is 35.6 Å². The van der Waals surface area contributed by atoms with Crippen molar-refractivity contribution in [2.24, 2.45) is 5.92 Å². The molecule has 3 heteroatoms. The third-order valence-electron chi connectivity index (χ3n) is 3.59. The van der Waals surface area contributed by atoms with Crippen LogP contribution in [0, 0.1) is 5.92 Å². The molecule has 0 aliphatic heterocycles. The lowest BCUT2D eigenvalue weighted by molar-refractivity contribution is 0.311. The van der Waals surface area contributed by atoms with E-state index in [0.717, 1.165) is 37.5 Å². The zero-order chi connectivity index (χ0) is 14.5. The predicted octanol–water partition coefficient (Wildman–Crippen LogP) is 3.63. The van der Waals surface area contributed by atoms with Crippen LogP contribution >= 0.6 is 0 Å². The Bertz CT molecular complexity index is 545. The molecule has 0 aliphatic rings. The first-order valence-electron chi connectivity index (χ1n) is 7.50. The quantitative estimate of drug-likeness (QED) is 0.835. The molecule has 20 heavy (non-hydrogen) atoms. The van der Waals surface area contributed by atoms with E-state index in [2.05, 4.69) is 56.2 Å². The molecule has 0 radical (unpaired) electrons. The molecule has 0 spiro atoms. The molecule has 0 fully saturated rings. The van der Waals surface area contributed by atoms with E-state index in [0.29, 0.717) is 5.92 Å². The summed E-state index contributed by atoms with van der Waals surface area (Å²) in [5.41, 5.74) is 2.30. The van der Waals surface area contributed by atoms with Crippen LogP contribution in [0.15, 0.2) is 28.7 Å². The van der Waals surface area contributed by atoms with Gasteiger partial charge in [0.05, 0.1) is 6.54 Å². The minimum atomic E-state index is 0.662. The third kappa shape index (κ3) is 3.62. The average Bonchev–Trinajstić information content (AvgIpc) is 2.76. The second-order valence-corrected chi connectivity index (χ2v) is 5.86. The zero-order valence-corrected chi connectivity index (χ0v) is 13.1. The monoisotopic (exact) mass is 274 g/mol. The summed E-state index contributed by atoms with van der Waals surface area (Å²) < 4.78 is 6.05. The molecule has 110 valence electrons. The third-order valence-corrected chi connectivity index (χ3v) is 3.59. The van der Waals surface area contributed by atoms with E-state index in [1.807, 2.05) is 6.07 Å². The largest absolute Gasteiger partial charge is 0.459 e.